The summed E-state index contributed by atoms with van der Waals surface area (Å²) >= 11 is 6.20. The number of hydrogen-bond donors (Lipinski definition) is 1. The Morgan fingerprint density at radius 1 is 1.11 bits per heavy atom. The highest BCUT2D eigenvalue weighted by Crippen LogP contribution is 2.25. The van der Waals surface area contributed by atoms with Crippen molar-refractivity contribution in [1.82, 2.24) is 0 Å². The predicted octanol–water partition coefficient (Wildman–Crippen LogP) is 3.99. The van der Waals surface area contributed by atoms with E-state index >= 15 is 0 Å². The van der Waals surface area contributed by atoms with E-state index in [1.807, 2.05) is 50.2 Å². The first-order valence-corrected chi connectivity index (χ1v) is 6.66. The van der Waals surface area contributed by atoms with Crippen LogP contribution in [-0.4, -0.2) is 0 Å². The minimum atomic E-state index is 0.455. The molecule has 0 amide bonds. The normalized spacial score (nSPS) is 10.5. The van der Waals surface area contributed by atoms with Gasteiger partial charge < -0.3 is 10.5 Å². The van der Waals surface area contributed by atoms with Gasteiger partial charge in [-0.05, 0) is 31.0 Å². The SMILES string of the molecule is Cc1ccc(COc2c(C)cccc2CN)c(Cl)c1. The van der Waals surface area contributed by atoms with Gasteiger partial charge in [-0.1, -0.05) is 41.9 Å². The molecule has 2 rings (SSSR count). The van der Waals surface area contributed by atoms with Crippen molar-refractivity contribution in [2.24, 2.45) is 5.73 Å². The third kappa shape index (κ3) is 3.28. The van der Waals surface area contributed by atoms with Gasteiger partial charge in [-0.15, -0.1) is 0 Å². The van der Waals surface area contributed by atoms with Crippen LogP contribution in [0.15, 0.2) is 36.4 Å². The number of nitrogens with two attached hydrogens (primary N) is 1. The molecule has 0 heterocycles. The summed E-state index contributed by atoms with van der Waals surface area (Å²) in [6.45, 7) is 4.96. The van der Waals surface area contributed by atoms with Crippen LogP contribution in [0.25, 0.3) is 0 Å². The molecule has 0 saturated carbocycles. The lowest BCUT2D eigenvalue weighted by Gasteiger charge is -2.14. The Bertz CT molecular complexity index is 581. The van der Waals surface area contributed by atoms with Crippen LogP contribution < -0.4 is 10.5 Å². The van der Waals surface area contributed by atoms with E-state index in [4.69, 9.17) is 22.1 Å². The number of rotatable bonds is 4. The fourth-order valence-corrected chi connectivity index (χ4v) is 2.29. The van der Waals surface area contributed by atoms with E-state index in [2.05, 4.69) is 0 Å². The fraction of sp³-hybridized carbons (Fsp3) is 0.250. The van der Waals surface area contributed by atoms with E-state index in [0.29, 0.717) is 13.2 Å². The molecule has 2 aromatic carbocycles. The molecular weight excluding hydrogens is 258 g/mol. The molecule has 0 aliphatic carbocycles. The quantitative estimate of drug-likeness (QED) is 0.915. The monoisotopic (exact) mass is 275 g/mol. The molecule has 0 aliphatic rings. The average molecular weight is 276 g/mol. The molecule has 3 heteroatoms. The lowest BCUT2D eigenvalue weighted by atomic mass is 10.1. The molecule has 100 valence electrons. The Morgan fingerprint density at radius 2 is 1.89 bits per heavy atom. The summed E-state index contributed by atoms with van der Waals surface area (Å²) in [5.74, 6) is 0.863. The second-order valence-corrected chi connectivity index (χ2v) is 5.06. The van der Waals surface area contributed by atoms with Crippen LogP contribution in [0.4, 0.5) is 0 Å². The first-order chi connectivity index (χ1) is 9.11. The molecule has 0 fully saturated rings. The number of ether oxygens (including phenoxy) is 1. The van der Waals surface area contributed by atoms with E-state index in [-0.39, 0.29) is 0 Å². The van der Waals surface area contributed by atoms with Crippen LogP contribution in [0, 0.1) is 13.8 Å². The summed E-state index contributed by atoms with van der Waals surface area (Å²) in [6.07, 6.45) is 0. The van der Waals surface area contributed by atoms with Crippen LogP contribution in [-0.2, 0) is 13.2 Å². The minimum absolute atomic E-state index is 0.455. The highest BCUT2D eigenvalue weighted by atomic mass is 35.5. The summed E-state index contributed by atoms with van der Waals surface area (Å²) in [5.41, 5.74) is 9.97. The lowest BCUT2D eigenvalue weighted by molar-refractivity contribution is 0.301. The van der Waals surface area contributed by atoms with Gasteiger partial charge in [0.25, 0.3) is 0 Å². The van der Waals surface area contributed by atoms with Crippen LogP contribution in [0.1, 0.15) is 22.3 Å². The lowest BCUT2D eigenvalue weighted by Crippen LogP contribution is -2.04. The first kappa shape index (κ1) is 13.9. The molecule has 0 bridgehead atoms. The van der Waals surface area contributed by atoms with Crippen LogP contribution in [0.5, 0.6) is 5.75 Å². The Morgan fingerprint density at radius 3 is 2.58 bits per heavy atom. The zero-order valence-corrected chi connectivity index (χ0v) is 12.0. The molecular formula is C16H18ClNO. The number of hydrogen-bond acceptors (Lipinski definition) is 2. The Hall–Kier alpha value is -1.51. The maximum Gasteiger partial charge on any atom is 0.127 e. The molecule has 2 nitrogen and oxygen atoms in total. The molecule has 2 aromatic rings. The Kier molecular flexibility index (Phi) is 4.46. The predicted molar refractivity (Wildman–Crippen MR) is 79.6 cm³/mol. The standard InChI is InChI=1S/C16H18ClNO/c1-11-6-7-14(15(17)8-11)10-19-16-12(2)4-3-5-13(16)9-18/h3-8H,9-10,18H2,1-2H3. The van der Waals surface area contributed by atoms with Crippen molar-refractivity contribution < 1.29 is 4.74 Å². The van der Waals surface area contributed by atoms with Crippen LogP contribution in [0.3, 0.4) is 0 Å². The smallest absolute Gasteiger partial charge is 0.127 e. The number of benzene rings is 2. The van der Waals surface area contributed by atoms with Crippen molar-refractivity contribution in [3.63, 3.8) is 0 Å². The average Bonchev–Trinajstić information content (AvgIpc) is 2.39. The molecule has 0 saturated heterocycles. The summed E-state index contributed by atoms with van der Waals surface area (Å²) < 4.78 is 5.90. The van der Waals surface area contributed by atoms with Crippen molar-refractivity contribution >= 4 is 11.6 Å². The van der Waals surface area contributed by atoms with Gasteiger partial charge in [-0.25, -0.2) is 0 Å². The fourth-order valence-electron chi connectivity index (χ4n) is 2.00. The Labute approximate surface area is 119 Å². The Balaban J connectivity index is 2.19. The molecule has 19 heavy (non-hydrogen) atoms. The summed E-state index contributed by atoms with van der Waals surface area (Å²) in [7, 11) is 0. The number of aryl methyl sites for hydroxylation is 2. The molecule has 2 N–H and O–H groups in total. The van der Waals surface area contributed by atoms with Gasteiger partial charge >= 0.3 is 0 Å². The van der Waals surface area contributed by atoms with E-state index in [1.165, 1.54) is 0 Å². The van der Waals surface area contributed by atoms with E-state index in [0.717, 1.165) is 33.0 Å². The largest absolute Gasteiger partial charge is 0.488 e. The number of para-hydroxylation sites is 1. The summed E-state index contributed by atoms with van der Waals surface area (Å²) in [4.78, 5) is 0. The van der Waals surface area contributed by atoms with Crippen molar-refractivity contribution in [3.05, 3.63) is 63.7 Å². The van der Waals surface area contributed by atoms with Crippen molar-refractivity contribution in [1.29, 1.82) is 0 Å². The highest BCUT2D eigenvalue weighted by Gasteiger charge is 2.07. The molecule has 0 spiro atoms. The van der Waals surface area contributed by atoms with Crippen LogP contribution >= 0.6 is 11.6 Å². The third-order valence-corrected chi connectivity index (χ3v) is 3.45. The highest BCUT2D eigenvalue weighted by molar-refractivity contribution is 6.31. The maximum absolute atomic E-state index is 6.20. The van der Waals surface area contributed by atoms with Crippen molar-refractivity contribution in [2.75, 3.05) is 0 Å². The van der Waals surface area contributed by atoms with Crippen molar-refractivity contribution in [3.8, 4) is 5.75 Å². The van der Waals surface area contributed by atoms with Gasteiger partial charge in [0.2, 0.25) is 0 Å². The van der Waals surface area contributed by atoms with E-state index in [1.54, 1.807) is 0 Å². The van der Waals surface area contributed by atoms with Gasteiger partial charge in [0.1, 0.15) is 12.4 Å². The van der Waals surface area contributed by atoms with Crippen LogP contribution in [0.2, 0.25) is 5.02 Å². The number of halogens is 1. The van der Waals surface area contributed by atoms with Gasteiger partial charge in [-0.2, -0.15) is 0 Å². The van der Waals surface area contributed by atoms with Gasteiger partial charge in [0, 0.05) is 22.7 Å². The molecule has 0 atom stereocenters. The minimum Gasteiger partial charge on any atom is -0.488 e. The van der Waals surface area contributed by atoms with E-state index < -0.39 is 0 Å². The van der Waals surface area contributed by atoms with Gasteiger partial charge in [-0.3, -0.25) is 0 Å². The summed E-state index contributed by atoms with van der Waals surface area (Å²) in [6, 6.07) is 12.0. The first-order valence-electron chi connectivity index (χ1n) is 6.28. The van der Waals surface area contributed by atoms with Crippen molar-refractivity contribution in [2.45, 2.75) is 27.0 Å². The zero-order chi connectivity index (χ0) is 13.8. The van der Waals surface area contributed by atoms with E-state index in [9.17, 15) is 0 Å². The summed E-state index contributed by atoms with van der Waals surface area (Å²) in [5, 5.41) is 0.739. The second-order valence-electron chi connectivity index (χ2n) is 4.65. The topological polar surface area (TPSA) is 35.2 Å². The molecule has 0 unspecified atom stereocenters. The molecule has 0 radical (unpaired) electrons. The molecule has 0 aliphatic heterocycles. The molecule has 0 aromatic heterocycles. The zero-order valence-electron chi connectivity index (χ0n) is 11.2. The maximum atomic E-state index is 6.20. The third-order valence-electron chi connectivity index (χ3n) is 3.09. The second kappa shape index (κ2) is 6.09. The van der Waals surface area contributed by atoms with Gasteiger partial charge in [0.05, 0.1) is 0 Å². The van der Waals surface area contributed by atoms with Gasteiger partial charge in [0.15, 0.2) is 0 Å².